The number of halogens is 1. The van der Waals surface area contributed by atoms with Gasteiger partial charge < -0.3 is 10.6 Å². The fraction of sp³-hybridized carbons (Fsp3) is 0.571. The molecule has 0 bridgehead atoms. The SMILES string of the molecule is CC(N)Cc1ccc(N2CCSC(C)C2)c(Cl)c1. The zero-order valence-electron chi connectivity index (χ0n) is 11.0. The summed E-state index contributed by atoms with van der Waals surface area (Å²) < 4.78 is 0. The largest absolute Gasteiger partial charge is 0.368 e. The number of nitrogens with two attached hydrogens (primary N) is 1. The van der Waals surface area contributed by atoms with Crippen molar-refractivity contribution >= 4 is 29.1 Å². The van der Waals surface area contributed by atoms with Gasteiger partial charge in [0.25, 0.3) is 0 Å². The molecule has 0 aliphatic carbocycles. The predicted molar refractivity (Wildman–Crippen MR) is 82.9 cm³/mol. The van der Waals surface area contributed by atoms with E-state index in [1.165, 1.54) is 11.3 Å². The summed E-state index contributed by atoms with van der Waals surface area (Å²) >= 11 is 8.44. The first-order chi connectivity index (χ1) is 8.56. The van der Waals surface area contributed by atoms with E-state index in [9.17, 15) is 0 Å². The maximum Gasteiger partial charge on any atom is 0.0642 e. The van der Waals surface area contributed by atoms with Crippen LogP contribution in [0.3, 0.4) is 0 Å². The standard InChI is InChI=1S/C14H21ClN2S/c1-10(16)7-12-3-4-14(13(15)8-12)17-5-6-18-11(2)9-17/h3-4,8,10-11H,5-7,9,16H2,1-2H3. The molecule has 0 radical (unpaired) electrons. The van der Waals surface area contributed by atoms with E-state index in [2.05, 4.69) is 30.0 Å². The van der Waals surface area contributed by atoms with Crippen molar-refractivity contribution in [2.75, 3.05) is 23.7 Å². The number of hydrogen-bond donors (Lipinski definition) is 1. The number of thioether (sulfide) groups is 1. The average molecular weight is 285 g/mol. The molecule has 0 saturated carbocycles. The second-order valence-corrected chi connectivity index (χ2v) is 7.05. The molecule has 0 amide bonds. The summed E-state index contributed by atoms with van der Waals surface area (Å²) in [4.78, 5) is 2.39. The van der Waals surface area contributed by atoms with Gasteiger partial charge in [0, 0.05) is 30.1 Å². The summed E-state index contributed by atoms with van der Waals surface area (Å²) in [5.74, 6) is 1.18. The van der Waals surface area contributed by atoms with Gasteiger partial charge in [-0.3, -0.25) is 0 Å². The third-order valence-electron chi connectivity index (χ3n) is 3.15. The maximum atomic E-state index is 6.40. The Labute approximate surface area is 119 Å². The van der Waals surface area contributed by atoms with Crippen LogP contribution in [-0.2, 0) is 6.42 Å². The molecule has 1 fully saturated rings. The lowest BCUT2D eigenvalue weighted by atomic mass is 10.1. The molecule has 1 heterocycles. The van der Waals surface area contributed by atoms with Crippen LogP contribution in [0.5, 0.6) is 0 Å². The van der Waals surface area contributed by atoms with Gasteiger partial charge >= 0.3 is 0 Å². The summed E-state index contributed by atoms with van der Waals surface area (Å²) in [5, 5.41) is 1.53. The monoisotopic (exact) mass is 284 g/mol. The number of nitrogens with zero attached hydrogens (tertiary/aromatic N) is 1. The van der Waals surface area contributed by atoms with E-state index in [0.29, 0.717) is 5.25 Å². The van der Waals surface area contributed by atoms with Crippen LogP contribution >= 0.6 is 23.4 Å². The fourth-order valence-corrected chi connectivity index (χ4v) is 3.68. The van der Waals surface area contributed by atoms with Crippen LogP contribution in [0.4, 0.5) is 5.69 Å². The minimum Gasteiger partial charge on any atom is -0.368 e. The first kappa shape index (κ1) is 14.0. The predicted octanol–water partition coefficient (Wildman–Crippen LogP) is 3.17. The van der Waals surface area contributed by atoms with Crippen molar-refractivity contribution in [3.63, 3.8) is 0 Å². The van der Waals surface area contributed by atoms with Crippen molar-refractivity contribution < 1.29 is 0 Å². The molecule has 2 atom stereocenters. The van der Waals surface area contributed by atoms with Crippen LogP contribution < -0.4 is 10.6 Å². The second kappa shape index (κ2) is 6.18. The molecule has 1 aliphatic rings. The van der Waals surface area contributed by atoms with Crippen molar-refractivity contribution in [3.05, 3.63) is 28.8 Å². The molecule has 18 heavy (non-hydrogen) atoms. The van der Waals surface area contributed by atoms with E-state index in [0.717, 1.165) is 30.2 Å². The Hall–Kier alpha value is -0.380. The first-order valence-electron chi connectivity index (χ1n) is 6.47. The summed E-state index contributed by atoms with van der Waals surface area (Å²) in [5.41, 5.74) is 8.20. The molecule has 2 nitrogen and oxygen atoms in total. The van der Waals surface area contributed by atoms with E-state index in [-0.39, 0.29) is 6.04 Å². The number of rotatable bonds is 3. The van der Waals surface area contributed by atoms with Gasteiger partial charge in [-0.05, 0) is 31.0 Å². The zero-order valence-corrected chi connectivity index (χ0v) is 12.6. The molecule has 1 aromatic rings. The number of hydrogen-bond acceptors (Lipinski definition) is 3. The van der Waals surface area contributed by atoms with E-state index in [1.807, 2.05) is 18.7 Å². The van der Waals surface area contributed by atoms with E-state index in [4.69, 9.17) is 17.3 Å². The highest BCUT2D eigenvalue weighted by Crippen LogP contribution is 2.30. The highest BCUT2D eigenvalue weighted by molar-refractivity contribution is 8.00. The highest BCUT2D eigenvalue weighted by atomic mass is 35.5. The van der Waals surface area contributed by atoms with Gasteiger partial charge in [-0.1, -0.05) is 24.6 Å². The molecule has 0 aromatic heterocycles. The Balaban J connectivity index is 2.13. The fourth-order valence-electron chi connectivity index (χ4n) is 2.34. The molecular formula is C14H21ClN2S. The van der Waals surface area contributed by atoms with Crippen LogP contribution in [0, 0.1) is 0 Å². The summed E-state index contributed by atoms with van der Waals surface area (Å²) in [7, 11) is 0. The van der Waals surface area contributed by atoms with Gasteiger partial charge in [0.05, 0.1) is 10.7 Å². The van der Waals surface area contributed by atoms with Crippen LogP contribution in [0.15, 0.2) is 18.2 Å². The Kier molecular flexibility index (Phi) is 4.82. The maximum absolute atomic E-state index is 6.40. The Morgan fingerprint density at radius 1 is 1.56 bits per heavy atom. The normalized spacial score (nSPS) is 22.0. The molecular weight excluding hydrogens is 264 g/mol. The van der Waals surface area contributed by atoms with E-state index >= 15 is 0 Å². The lowest BCUT2D eigenvalue weighted by Crippen LogP contribution is -2.36. The molecule has 2 rings (SSSR count). The first-order valence-corrected chi connectivity index (χ1v) is 7.89. The topological polar surface area (TPSA) is 29.3 Å². The van der Waals surface area contributed by atoms with Gasteiger partial charge in [-0.15, -0.1) is 0 Å². The molecule has 1 saturated heterocycles. The molecule has 100 valence electrons. The molecule has 0 spiro atoms. The third kappa shape index (κ3) is 3.56. The van der Waals surface area contributed by atoms with Crippen molar-refractivity contribution in [1.29, 1.82) is 0 Å². The van der Waals surface area contributed by atoms with Gasteiger partial charge in [0.15, 0.2) is 0 Å². The van der Waals surface area contributed by atoms with Crippen LogP contribution in [0.25, 0.3) is 0 Å². The third-order valence-corrected chi connectivity index (χ3v) is 4.59. The second-order valence-electron chi connectivity index (χ2n) is 5.09. The molecule has 4 heteroatoms. The Morgan fingerprint density at radius 3 is 2.94 bits per heavy atom. The van der Waals surface area contributed by atoms with Crippen molar-refractivity contribution in [2.45, 2.75) is 31.6 Å². The summed E-state index contributed by atoms with van der Waals surface area (Å²) in [6.07, 6.45) is 0.881. The quantitative estimate of drug-likeness (QED) is 0.924. The van der Waals surface area contributed by atoms with E-state index in [1.54, 1.807) is 0 Å². The van der Waals surface area contributed by atoms with Crippen molar-refractivity contribution in [2.24, 2.45) is 5.73 Å². The molecule has 2 unspecified atom stereocenters. The highest BCUT2D eigenvalue weighted by Gasteiger charge is 2.19. The lowest BCUT2D eigenvalue weighted by molar-refractivity contribution is 0.737. The minimum absolute atomic E-state index is 0.179. The Bertz CT molecular complexity index is 409. The van der Waals surface area contributed by atoms with Gasteiger partial charge in [-0.2, -0.15) is 11.8 Å². The smallest absolute Gasteiger partial charge is 0.0642 e. The average Bonchev–Trinajstić information content (AvgIpc) is 2.28. The molecule has 1 aliphatic heterocycles. The summed E-state index contributed by atoms with van der Waals surface area (Å²) in [6.45, 7) is 6.46. The van der Waals surface area contributed by atoms with Crippen LogP contribution in [0.2, 0.25) is 5.02 Å². The van der Waals surface area contributed by atoms with Crippen molar-refractivity contribution in [3.8, 4) is 0 Å². The Morgan fingerprint density at radius 2 is 2.33 bits per heavy atom. The van der Waals surface area contributed by atoms with Crippen molar-refractivity contribution in [1.82, 2.24) is 0 Å². The molecule has 1 aromatic carbocycles. The molecule has 2 N–H and O–H groups in total. The van der Waals surface area contributed by atoms with E-state index < -0.39 is 0 Å². The summed E-state index contributed by atoms with van der Waals surface area (Å²) in [6, 6.07) is 6.53. The van der Waals surface area contributed by atoms with Crippen LogP contribution in [-0.4, -0.2) is 30.1 Å². The number of anilines is 1. The zero-order chi connectivity index (χ0) is 13.1. The lowest BCUT2D eigenvalue weighted by Gasteiger charge is -2.33. The van der Waals surface area contributed by atoms with Gasteiger partial charge in [-0.25, -0.2) is 0 Å². The number of benzene rings is 1. The van der Waals surface area contributed by atoms with Gasteiger partial charge in [0.1, 0.15) is 0 Å². The minimum atomic E-state index is 0.179. The van der Waals surface area contributed by atoms with Gasteiger partial charge in [0.2, 0.25) is 0 Å². The van der Waals surface area contributed by atoms with Crippen LogP contribution in [0.1, 0.15) is 19.4 Å².